The molecule has 0 amide bonds. The zero-order valence-electron chi connectivity index (χ0n) is 12.7. The van der Waals surface area contributed by atoms with Crippen LogP contribution in [-0.4, -0.2) is 24.1 Å². The van der Waals surface area contributed by atoms with E-state index in [1.807, 2.05) is 50.8 Å². The minimum atomic E-state index is -1.11. The average molecular weight is 294 g/mol. The van der Waals surface area contributed by atoms with Crippen LogP contribution in [0.15, 0.2) is 18.5 Å². The van der Waals surface area contributed by atoms with Crippen molar-refractivity contribution in [1.29, 1.82) is 0 Å². The minimum absolute atomic E-state index is 0.0653. The second-order valence-corrected chi connectivity index (χ2v) is 7.85. The van der Waals surface area contributed by atoms with Gasteiger partial charge in [-0.25, -0.2) is 0 Å². The van der Waals surface area contributed by atoms with Crippen LogP contribution in [0.1, 0.15) is 46.4 Å². The van der Waals surface area contributed by atoms with E-state index in [0.717, 1.165) is 23.1 Å². The largest absolute Gasteiger partial charge is 0.598 e. The van der Waals surface area contributed by atoms with Crippen LogP contribution in [0.4, 0.5) is 0 Å². The summed E-state index contributed by atoms with van der Waals surface area (Å²) in [4.78, 5) is 4.46. The fraction of sp³-hybridized carbons (Fsp3) is 0.571. The molecule has 2 rings (SSSR count). The predicted molar refractivity (Wildman–Crippen MR) is 82.6 cm³/mol. The number of aromatic nitrogens is 3. The van der Waals surface area contributed by atoms with Gasteiger partial charge in [-0.15, -0.1) is 4.72 Å². The van der Waals surface area contributed by atoms with E-state index in [-0.39, 0.29) is 10.8 Å². The lowest BCUT2D eigenvalue weighted by Gasteiger charge is -2.26. The van der Waals surface area contributed by atoms with Gasteiger partial charge in [0.1, 0.15) is 4.75 Å². The van der Waals surface area contributed by atoms with Crippen molar-refractivity contribution >= 4 is 22.3 Å². The van der Waals surface area contributed by atoms with Gasteiger partial charge in [-0.3, -0.25) is 9.67 Å². The van der Waals surface area contributed by atoms with E-state index in [1.54, 1.807) is 0 Å². The molecular weight excluding hydrogens is 272 g/mol. The Morgan fingerprint density at radius 3 is 2.70 bits per heavy atom. The van der Waals surface area contributed by atoms with Gasteiger partial charge in [0.15, 0.2) is 0 Å². The smallest absolute Gasteiger partial charge is 0.136 e. The molecule has 0 bridgehead atoms. The molecule has 0 aliphatic carbocycles. The van der Waals surface area contributed by atoms with Crippen LogP contribution in [0.2, 0.25) is 0 Å². The van der Waals surface area contributed by atoms with E-state index in [9.17, 15) is 4.55 Å². The molecule has 0 saturated heterocycles. The third-order valence-electron chi connectivity index (χ3n) is 3.13. The molecule has 0 aromatic carbocycles. The van der Waals surface area contributed by atoms with Crippen molar-refractivity contribution in [3.63, 3.8) is 0 Å². The van der Waals surface area contributed by atoms with E-state index in [0.29, 0.717) is 0 Å². The quantitative estimate of drug-likeness (QED) is 0.880. The van der Waals surface area contributed by atoms with Gasteiger partial charge in [0, 0.05) is 23.3 Å². The average Bonchev–Trinajstić information content (AvgIpc) is 2.79. The van der Waals surface area contributed by atoms with E-state index < -0.39 is 11.4 Å². The van der Waals surface area contributed by atoms with Crippen molar-refractivity contribution in [3.8, 4) is 0 Å². The molecule has 20 heavy (non-hydrogen) atoms. The van der Waals surface area contributed by atoms with Gasteiger partial charge in [0.25, 0.3) is 0 Å². The van der Waals surface area contributed by atoms with Gasteiger partial charge < -0.3 is 4.55 Å². The van der Waals surface area contributed by atoms with Crippen molar-refractivity contribution < 1.29 is 4.55 Å². The van der Waals surface area contributed by atoms with Crippen LogP contribution in [-0.2, 0) is 17.9 Å². The first-order chi connectivity index (χ1) is 9.32. The normalized spacial score (nSPS) is 15.5. The van der Waals surface area contributed by atoms with Crippen molar-refractivity contribution in [1.82, 2.24) is 19.5 Å². The first kappa shape index (κ1) is 15.3. The van der Waals surface area contributed by atoms with Gasteiger partial charge >= 0.3 is 0 Å². The van der Waals surface area contributed by atoms with Crippen molar-refractivity contribution in [2.75, 3.05) is 0 Å². The predicted octanol–water partition coefficient (Wildman–Crippen LogP) is 2.56. The summed E-state index contributed by atoms with van der Waals surface area (Å²) in [5.74, 6) is 0. The Hall–Kier alpha value is -1.11. The monoisotopic (exact) mass is 294 g/mol. The summed E-state index contributed by atoms with van der Waals surface area (Å²) in [5.41, 5.74) is 1.91. The Morgan fingerprint density at radius 2 is 2.10 bits per heavy atom. The van der Waals surface area contributed by atoms with E-state index in [2.05, 4.69) is 21.7 Å². The van der Waals surface area contributed by atoms with Crippen LogP contribution in [0.5, 0.6) is 0 Å². The third-order valence-corrected chi connectivity index (χ3v) is 4.81. The molecule has 0 fully saturated rings. The van der Waals surface area contributed by atoms with Gasteiger partial charge in [0.2, 0.25) is 0 Å². The molecular formula is C14H22N4OS. The molecule has 2 atom stereocenters. The number of nitrogens with one attached hydrogen (secondary N) is 1. The molecule has 110 valence electrons. The second-order valence-electron chi connectivity index (χ2n) is 5.85. The summed E-state index contributed by atoms with van der Waals surface area (Å²) in [5, 5.41) is 5.37. The molecule has 2 aromatic heterocycles. The first-order valence-electron chi connectivity index (χ1n) is 6.82. The van der Waals surface area contributed by atoms with Crippen LogP contribution >= 0.6 is 0 Å². The fourth-order valence-corrected chi connectivity index (χ4v) is 2.68. The summed E-state index contributed by atoms with van der Waals surface area (Å²) in [6.07, 6.45) is 3.68. The van der Waals surface area contributed by atoms with E-state index >= 15 is 0 Å². The van der Waals surface area contributed by atoms with Gasteiger partial charge in [-0.05, 0) is 40.7 Å². The number of pyridine rings is 1. The third kappa shape index (κ3) is 3.13. The summed E-state index contributed by atoms with van der Waals surface area (Å²) in [6, 6.07) is 1.94. The lowest BCUT2D eigenvalue weighted by Crippen LogP contribution is -2.40. The molecule has 0 spiro atoms. The summed E-state index contributed by atoms with van der Waals surface area (Å²) in [6.45, 7) is 10.7. The molecule has 0 radical (unpaired) electrons. The highest BCUT2D eigenvalue weighted by molar-refractivity contribution is 7.90. The van der Waals surface area contributed by atoms with Crippen LogP contribution in [0.25, 0.3) is 10.9 Å². The summed E-state index contributed by atoms with van der Waals surface area (Å²) in [7, 11) is 0. The number of aryl methyl sites for hydroxylation is 1. The van der Waals surface area contributed by atoms with Crippen molar-refractivity contribution in [3.05, 3.63) is 24.2 Å². The van der Waals surface area contributed by atoms with Gasteiger partial charge in [-0.2, -0.15) is 5.10 Å². The molecule has 0 saturated carbocycles. The van der Waals surface area contributed by atoms with Crippen LogP contribution < -0.4 is 4.72 Å². The van der Waals surface area contributed by atoms with Gasteiger partial charge in [-0.1, -0.05) is 0 Å². The summed E-state index contributed by atoms with van der Waals surface area (Å²) < 4.78 is 16.9. The second kappa shape index (κ2) is 5.71. The fourth-order valence-electron chi connectivity index (χ4n) is 1.88. The molecule has 2 aromatic rings. The zero-order chi connectivity index (χ0) is 14.9. The molecule has 6 heteroatoms. The van der Waals surface area contributed by atoms with E-state index in [4.69, 9.17) is 0 Å². The molecule has 5 nitrogen and oxygen atoms in total. The lowest BCUT2D eigenvalue weighted by molar-refractivity contribution is 0.529. The van der Waals surface area contributed by atoms with Crippen molar-refractivity contribution in [2.45, 2.75) is 52.0 Å². The topological polar surface area (TPSA) is 65.8 Å². The van der Waals surface area contributed by atoms with Gasteiger partial charge in [0.05, 0.1) is 29.6 Å². The minimum Gasteiger partial charge on any atom is -0.598 e. The SMILES string of the molecule is CCn1ncc2cc([C@@H](C)N[S+]([O-])C(C)(C)C)ncc21. The maximum Gasteiger partial charge on any atom is 0.136 e. The Kier molecular flexibility index (Phi) is 4.36. The number of hydrogen-bond donors (Lipinski definition) is 1. The highest BCUT2D eigenvalue weighted by Gasteiger charge is 2.28. The zero-order valence-corrected chi connectivity index (χ0v) is 13.5. The highest BCUT2D eigenvalue weighted by atomic mass is 32.2. The number of nitrogens with zero attached hydrogens (tertiary/aromatic N) is 3. The Bertz CT molecular complexity index is 590. The van der Waals surface area contributed by atoms with Crippen LogP contribution in [0.3, 0.4) is 0 Å². The molecule has 1 N–H and O–H groups in total. The number of rotatable bonds is 4. The number of fused-ring (bicyclic) bond motifs is 1. The molecule has 2 heterocycles. The lowest BCUT2D eigenvalue weighted by atomic mass is 10.2. The standard InChI is InChI=1S/C14H22N4OS/c1-6-18-13-9-15-12(7-11(13)8-16-18)10(2)17-20(19)14(3,4)5/h7-10,17H,6H2,1-5H3/t10-,20?/m1/s1. The Balaban J connectivity index is 2.20. The van der Waals surface area contributed by atoms with E-state index in [1.165, 1.54) is 0 Å². The summed E-state index contributed by atoms with van der Waals surface area (Å²) >= 11 is -1.11. The maximum absolute atomic E-state index is 12.1. The number of hydrogen-bond acceptors (Lipinski definition) is 4. The Morgan fingerprint density at radius 1 is 1.40 bits per heavy atom. The first-order valence-corrected chi connectivity index (χ1v) is 7.97. The Labute approximate surface area is 123 Å². The molecule has 1 unspecified atom stereocenters. The molecule has 0 aliphatic heterocycles. The highest BCUT2D eigenvalue weighted by Crippen LogP contribution is 2.21. The molecule has 0 aliphatic rings. The van der Waals surface area contributed by atoms with Crippen molar-refractivity contribution in [2.24, 2.45) is 0 Å². The van der Waals surface area contributed by atoms with Crippen LogP contribution in [0, 0.1) is 0 Å². The maximum atomic E-state index is 12.1.